The molecule has 0 aliphatic carbocycles. The Morgan fingerprint density at radius 2 is 1.93 bits per heavy atom. The number of nitrogens with two attached hydrogens (primary N) is 1. The lowest BCUT2D eigenvalue weighted by Crippen LogP contribution is -2.33. The number of anilines is 1. The minimum Gasteiger partial charge on any atom is -0.493 e. The Balaban J connectivity index is 0.00000420. The van der Waals surface area contributed by atoms with Gasteiger partial charge in [-0.2, -0.15) is 5.26 Å². The maximum atomic E-state index is 12.7. The minimum absolute atomic E-state index is 0. The third kappa shape index (κ3) is 6.26. The van der Waals surface area contributed by atoms with Crippen LogP contribution in [-0.2, 0) is 6.54 Å². The van der Waals surface area contributed by atoms with Gasteiger partial charge in [-0.1, -0.05) is 6.07 Å². The van der Waals surface area contributed by atoms with Crippen molar-refractivity contribution in [3.8, 4) is 17.6 Å². The van der Waals surface area contributed by atoms with Gasteiger partial charge in [0.15, 0.2) is 11.5 Å². The van der Waals surface area contributed by atoms with Crippen LogP contribution in [0.2, 0.25) is 0 Å². The summed E-state index contributed by atoms with van der Waals surface area (Å²) in [6.07, 6.45) is 0. The molecule has 0 heterocycles. The number of benzene rings is 2. The molecule has 0 saturated carbocycles. The number of aliphatic hydroxyl groups is 1. The lowest BCUT2D eigenvalue weighted by Gasteiger charge is -2.18. The highest BCUT2D eigenvalue weighted by Crippen LogP contribution is 2.27. The van der Waals surface area contributed by atoms with Crippen LogP contribution in [0.15, 0.2) is 36.4 Å². The van der Waals surface area contributed by atoms with E-state index < -0.39 is 6.04 Å². The molecule has 2 rings (SSSR count). The fourth-order valence-corrected chi connectivity index (χ4v) is 2.59. The van der Waals surface area contributed by atoms with Gasteiger partial charge in [-0.25, -0.2) is 0 Å². The summed E-state index contributed by atoms with van der Waals surface area (Å²) >= 11 is 0. The molecule has 5 N–H and O–H groups in total. The molecule has 0 fully saturated rings. The van der Waals surface area contributed by atoms with Crippen molar-refractivity contribution in [3.05, 3.63) is 53.1 Å². The molecule has 2 aromatic carbocycles. The fraction of sp³-hybridized carbons (Fsp3) is 0.300. The van der Waals surface area contributed by atoms with E-state index in [0.717, 1.165) is 5.56 Å². The number of hydrogen-bond donors (Lipinski definition) is 4. The number of aliphatic hydroxyl groups excluding tert-OH is 1. The number of nitrogens with zero attached hydrogens (tertiary/aromatic N) is 1. The van der Waals surface area contributed by atoms with Crippen LogP contribution in [0.1, 0.15) is 21.5 Å². The second-order valence-corrected chi connectivity index (χ2v) is 6.00. The molecule has 0 bridgehead atoms. The number of nitrogens with one attached hydrogen (secondary N) is 2. The number of carbonyl (C=O) groups excluding carboxylic acids is 1. The van der Waals surface area contributed by atoms with Crippen LogP contribution in [0.3, 0.4) is 0 Å². The minimum atomic E-state index is -0.398. The normalized spacial score (nSPS) is 10.9. The average Bonchev–Trinajstić information content (AvgIpc) is 2.75. The molecule has 0 spiro atoms. The molecule has 0 aliphatic rings. The van der Waals surface area contributed by atoms with E-state index in [4.69, 9.17) is 20.5 Å². The summed E-state index contributed by atoms with van der Waals surface area (Å²) < 4.78 is 10.5. The number of nitriles is 1. The Labute approximate surface area is 176 Å². The molecule has 2 aromatic rings. The number of ether oxygens (including phenoxy) is 2. The van der Waals surface area contributed by atoms with Crippen LogP contribution < -0.4 is 25.8 Å². The summed E-state index contributed by atoms with van der Waals surface area (Å²) in [4.78, 5) is 12.7. The number of rotatable bonds is 9. The molecule has 0 radical (unpaired) electrons. The number of amides is 1. The second-order valence-electron chi connectivity index (χ2n) is 6.00. The molecule has 29 heavy (non-hydrogen) atoms. The average molecular weight is 421 g/mol. The Bertz CT molecular complexity index is 866. The maximum absolute atomic E-state index is 12.7. The molecular formula is C20H25ClN4O4. The van der Waals surface area contributed by atoms with Crippen molar-refractivity contribution < 1.29 is 19.4 Å². The van der Waals surface area contributed by atoms with Crippen molar-refractivity contribution in [2.75, 3.05) is 32.7 Å². The van der Waals surface area contributed by atoms with Crippen LogP contribution in [0.5, 0.6) is 11.5 Å². The summed E-state index contributed by atoms with van der Waals surface area (Å²) in [5, 5.41) is 24.3. The Hall–Kier alpha value is -2.99. The number of halogens is 1. The molecule has 8 nitrogen and oxygen atoms in total. The lowest BCUT2D eigenvalue weighted by atomic mass is 10.1. The highest BCUT2D eigenvalue weighted by Gasteiger charge is 2.15. The summed E-state index contributed by atoms with van der Waals surface area (Å²) in [6, 6.07) is 11.7. The third-order valence-corrected chi connectivity index (χ3v) is 4.16. The molecule has 156 valence electrons. The van der Waals surface area contributed by atoms with Crippen molar-refractivity contribution in [2.45, 2.75) is 12.6 Å². The predicted octanol–water partition coefficient (Wildman–Crippen LogP) is 1.66. The lowest BCUT2D eigenvalue weighted by molar-refractivity contribution is 0.0951. The van der Waals surface area contributed by atoms with Gasteiger partial charge in [-0.05, 0) is 35.9 Å². The number of carbonyl (C=O) groups is 1. The van der Waals surface area contributed by atoms with Gasteiger partial charge in [0, 0.05) is 18.8 Å². The summed E-state index contributed by atoms with van der Waals surface area (Å²) in [6.45, 7) is 0.280. The van der Waals surface area contributed by atoms with E-state index in [9.17, 15) is 9.90 Å². The fourth-order valence-electron chi connectivity index (χ4n) is 2.59. The van der Waals surface area contributed by atoms with Crippen molar-refractivity contribution in [1.29, 1.82) is 5.26 Å². The Kier molecular flexibility index (Phi) is 9.75. The van der Waals surface area contributed by atoms with Crippen molar-refractivity contribution in [2.24, 2.45) is 5.73 Å². The van der Waals surface area contributed by atoms with Crippen molar-refractivity contribution in [3.63, 3.8) is 0 Å². The summed E-state index contributed by atoms with van der Waals surface area (Å²) in [7, 11) is 3.09. The van der Waals surface area contributed by atoms with Gasteiger partial charge in [0.25, 0.3) is 5.91 Å². The van der Waals surface area contributed by atoms with Gasteiger partial charge in [-0.15, -0.1) is 12.4 Å². The Morgan fingerprint density at radius 3 is 2.52 bits per heavy atom. The molecule has 1 amide bonds. The van der Waals surface area contributed by atoms with E-state index >= 15 is 0 Å². The first-order valence-corrected chi connectivity index (χ1v) is 8.67. The first-order chi connectivity index (χ1) is 13.6. The molecular weight excluding hydrogens is 396 g/mol. The maximum Gasteiger partial charge on any atom is 0.253 e. The molecule has 0 aromatic heterocycles. The zero-order valence-corrected chi connectivity index (χ0v) is 17.1. The van der Waals surface area contributed by atoms with Gasteiger partial charge in [0.1, 0.15) is 0 Å². The third-order valence-electron chi connectivity index (χ3n) is 4.16. The van der Waals surface area contributed by atoms with Gasteiger partial charge in [0.05, 0.1) is 44.1 Å². The molecule has 0 aliphatic heterocycles. The topological polar surface area (TPSA) is 130 Å². The van der Waals surface area contributed by atoms with Gasteiger partial charge in [0.2, 0.25) is 0 Å². The van der Waals surface area contributed by atoms with Crippen LogP contribution in [0.4, 0.5) is 5.69 Å². The van der Waals surface area contributed by atoms with E-state index in [1.54, 1.807) is 38.5 Å². The number of methoxy groups -OCH3 is 2. The highest BCUT2D eigenvalue weighted by molar-refractivity contribution is 6.00. The van der Waals surface area contributed by atoms with Crippen LogP contribution >= 0.6 is 12.4 Å². The van der Waals surface area contributed by atoms with E-state index in [0.29, 0.717) is 28.3 Å². The predicted molar refractivity (Wildman–Crippen MR) is 113 cm³/mol. The largest absolute Gasteiger partial charge is 0.493 e. The van der Waals surface area contributed by atoms with E-state index in [-0.39, 0.29) is 38.0 Å². The number of hydrogen-bond acceptors (Lipinski definition) is 7. The monoisotopic (exact) mass is 420 g/mol. The summed E-state index contributed by atoms with van der Waals surface area (Å²) in [5.74, 6) is 0.808. The van der Waals surface area contributed by atoms with Crippen molar-refractivity contribution in [1.82, 2.24) is 5.32 Å². The standard InChI is InChI=1S/C20H24N4O4.ClH/c1-27-18-6-4-14(8-19(18)28-2)11-23-20(26)16-7-13(9-21)3-5-17(16)24-15(10-22)12-25;/h3-8,15,24-25H,10-12,22H2,1-2H3,(H,23,26);1H/t15-;/m0./s1. The molecule has 0 saturated heterocycles. The quantitative estimate of drug-likeness (QED) is 0.485. The van der Waals surface area contributed by atoms with Gasteiger partial charge >= 0.3 is 0 Å². The zero-order valence-electron chi connectivity index (χ0n) is 16.3. The van der Waals surface area contributed by atoms with E-state index in [2.05, 4.69) is 10.6 Å². The van der Waals surface area contributed by atoms with Gasteiger partial charge < -0.3 is 30.9 Å². The molecule has 1 atom stereocenters. The van der Waals surface area contributed by atoms with Crippen LogP contribution in [0.25, 0.3) is 0 Å². The van der Waals surface area contributed by atoms with Crippen LogP contribution in [-0.4, -0.2) is 44.4 Å². The first-order valence-electron chi connectivity index (χ1n) is 8.67. The van der Waals surface area contributed by atoms with Crippen LogP contribution in [0, 0.1) is 11.3 Å². The van der Waals surface area contributed by atoms with E-state index in [1.807, 2.05) is 12.1 Å². The van der Waals surface area contributed by atoms with E-state index in [1.165, 1.54) is 6.07 Å². The smallest absolute Gasteiger partial charge is 0.253 e. The van der Waals surface area contributed by atoms with Gasteiger partial charge in [-0.3, -0.25) is 4.79 Å². The SMILES string of the molecule is COc1ccc(CNC(=O)c2cc(C#N)ccc2N[C@@H](CN)CO)cc1OC.Cl. The zero-order chi connectivity index (χ0) is 20.5. The Morgan fingerprint density at radius 1 is 1.21 bits per heavy atom. The summed E-state index contributed by atoms with van der Waals surface area (Å²) in [5.41, 5.74) is 7.58. The second kappa shape index (κ2) is 11.8. The molecule has 9 heteroatoms. The highest BCUT2D eigenvalue weighted by atomic mass is 35.5. The molecule has 0 unspecified atom stereocenters. The van der Waals surface area contributed by atoms with Crippen molar-refractivity contribution >= 4 is 24.0 Å². The first kappa shape index (κ1) is 24.0.